The van der Waals surface area contributed by atoms with E-state index in [2.05, 4.69) is 23.5 Å². The van der Waals surface area contributed by atoms with Crippen molar-refractivity contribution >= 4 is 40.5 Å². The largest absolute Gasteiger partial charge is 0.376 e. The molecule has 0 radical (unpaired) electrons. The molecule has 2 aromatic carbocycles. The highest BCUT2D eigenvalue weighted by Gasteiger charge is 2.39. The average Bonchev–Trinajstić information content (AvgIpc) is 2.97. The van der Waals surface area contributed by atoms with Crippen molar-refractivity contribution in [3.05, 3.63) is 74.7 Å². The zero-order valence-electron chi connectivity index (χ0n) is 11.7. The van der Waals surface area contributed by atoms with Gasteiger partial charge in [0.2, 0.25) is 0 Å². The van der Waals surface area contributed by atoms with Crippen molar-refractivity contribution in [2.45, 2.75) is 18.4 Å². The lowest BCUT2D eigenvalue weighted by Gasteiger charge is -2.38. The molecule has 3 atom stereocenters. The first-order valence-corrected chi connectivity index (χ1v) is 8.45. The van der Waals surface area contributed by atoms with Crippen LogP contribution in [-0.4, -0.2) is 0 Å². The first-order chi connectivity index (χ1) is 10.6. The Bertz CT molecular complexity index is 769. The Morgan fingerprint density at radius 3 is 2.59 bits per heavy atom. The summed E-state index contributed by atoms with van der Waals surface area (Å²) in [7, 11) is 0. The highest BCUT2D eigenvalue weighted by Crippen LogP contribution is 2.52. The number of hydrogen-bond acceptors (Lipinski definition) is 1. The molecule has 1 heterocycles. The van der Waals surface area contributed by atoms with Crippen LogP contribution in [-0.2, 0) is 0 Å². The summed E-state index contributed by atoms with van der Waals surface area (Å²) < 4.78 is 0. The second-order valence-corrected chi connectivity index (χ2v) is 7.10. The quantitative estimate of drug-likeness (QED) is 0.581. The summed E-state index contributed by atoms with van der Waals surface area (Å²) in [6, 6.07) is 12.0. The van der Waals surface area contributed by atoms with E-state index in [1.54, 1.807) is 6.07 Å². The lowest BCUT2D eigenvalue weighted by Crippen LogP contribution is -2.29. The SMILES string of the molecule is Clc1cc(Cl)c2c(c1)[C@H]1C=CC[C@@H]1[C@H](c1ccccc1Cl)N2. The third-order valence-electron chi connectivity index (χ3n) is 4.63. The van der Waals surface area contributed by atoms with Crippen molar-refractivity contribution in [3.8, 4) is 0 Å². The highest BCUT2D eigenvalue weighted by molar-refractivity contribution is 6.36. The zero-order chi connectivity index (χ0) is 15.3. The van der Waals surface area contributed by atoms with Crippen LogP contribution in [0.4, 0.5) is 5.69 Å². The standard InChI is InChI=1S/C18H14Cl3N/c19-10-8-14-11-5-3-6-12(11)17(22-18(14)16(21)9-10)13-4-1-2-7-15(13)20/h1-5,7-9,11-12,17,22H,6H2/t11-,12-,17+/m0/s1. The molecule has 1 aliphatic heterocycles. The smallest absolute Gasteiger partial charge is 0.0655 e. The van der Waals surface area contributed by atoms with Crippen LogP contribution >= 0.6 is 34.8 Å². The number of anilines is 1. The van der Waals surface area contributed by atoms with Crippen molar-refractivity contribution in [1.82, 2.24) is 0 Å². The minimum atomic E-state index is 0.153. The first kappa shape index (κ1) is 14.4. The fourth-order valence-electron chi connectivity index (χ4n) is 3.66. The Morgan fingerprint density at radius 1 is 0.955 bits per heavy atom. The summed E-state index contributed by atoms with van der Waals surface area (Å²) >= 11 is 19.0. The van der Waals surface area contributed by atoms with Gasteiger partial charge in [-0.3, -0.25) is 0 Å². The molecule has 0 saturated carbocycles. The monoisotopic (exact) mass is 349 g/mol. The Balaban J connectivity index is 1.86. The topological polar surface area (TPSA) is 12.0 Å². The number of rotatable bonds is 1. The van der Waals surface area contributed by atoms with E-state index < -0.39 is 0 Å². The van der Waals surface area contributed by atoms with E-state index in [1.807, 2.05) is 24.3 Å². The van der Waals surface area contributed by atoms with Gasteiger partial charge >= 0.3 is 0 Å². The van der Waals surface area contributed by atoms with Crippen LogP contribution in [0, 0.1) is 5.92 Å². The number of fused-ring (bicyclic) bond motifs is 3. The maximum Gasteiger partial charge on any atom is 0.0655 e. The number of benzene rings is 2. The highest BCUT2D eigenvalue weighted by atomic mass is 35.5. The minimum Gasteiger partial charge on any atom is -0.376 e. The van der Waals surface area contributed by atoms with Gasteiger partial charge in [0.05, 0.1) is 16.8 Å². The van der Waals surface area contributed by atoms with Crippen molar-refractivity contribution in [2.24, 2.45) is 5.92 Å². The van der Waals surface area contributed by atoms with Crippen LogP contribution in [0.1, 0.15) is 29.5 Å². The third kappa shape index (κ3) is 2.23. The van der Waals surface area contributed by atoms with Gasteiger partial charge in [0.1, 0.15) is 0 Å². The van der Waals surface area contributed by atoms with Gasteiger partial charge in [-0.15, -0.1) is 0 Å². The molecule has 0 amide bonds. The second-order valence-electron chi connectivity index (χ2n) is 5.85. The Hall–Kier alpha value is -1.15. The van der Waals surface area contributed by atoms with E-state index in [0.29, 0.717) is 21.9 Å². The van der Waals surface area contributed by atoms with E-state index in [9.17, 15) is 0 Å². The summed E-state index contributed by atoms with van der Waals surface area (Å²) in [6.07, 6.45) is 5.53. The lowest BCUT2D eigenvalue weighted by molar-refractivity contribution is 0.426. The van der Waals surface area contributed by atoms with Crippen LogP contribution in [0.5, 0.6) is 0 Å². The third-order valence-corrected chi connectivity index (χ3v) is 5.49. The molecule has 1 aliphatic carbocycles. The maximum absolute atomic E-state index is 6.43. The number of nitrogens with one attached hydrogen (secondary N) is 1. The van der Waals surface area contributed by atoms with Crippen molar-refractivity contribution < 1.29 is 0 Å². The van der Waals surface area contributed by atoms with Gasteiger partial charge in [0.15, 0.2) is 0 Å². The summed E-state index contributed by atoms with van der Waals surface area (Å²) in [6.45, 7) is 0. The fourth-order valence-corrected chi connectivity index (χ4v) is 4.47. The van der Waals surface area contributed by atoms with E-state index in [-0.39, 0.29) is 6.04 Å². The molecule has 0 saturated heterocycles. The summed E-state index contributed by atoms with van der Waals surface area (Å²) in [4.78, 5) is 0. The molecule has 0 aromatic heterocycles. The van der Waals surface area contributed by atoms with Crippen LogP contribution in [0.2, 0.25) is 15.1 Å². The van der Waals surface area contributed by atoms with E-state index in [0.717, 1.165) is 22.7 Å². The van der Waals surface area contributed by atoms with Crippen LogP contribution < -0.4 is 5.32 Å². The maximum atomic E-state index is 6.43. The van der Waals surface area contributed by atoms with Crippen molar-refractivity contribution in [2.75, 3.05) is 5.32 Å². The number of hydrogen-bond donors (Lipinski definition) is 1. The molecule has 4 rings (SSSR count). The van der Waals surface area contributed by atoms with Gasteiger partial charge in [-0.2, -0.15) is 0 Å². The summed E-state index contributed by atoms with van der Waals surface area (Å²) in [5.74, 6) is 0.760. The van der Waals surface area contributed by atoms with Crippen LogP contribution in [0.25, 0.3) is 0 Å². The van der Waals surface area contributed by atoms with Gasteiger partial charge < -0.3 is 5.32 Å². The number of halogens is 3. The van der Waals surface area contributed by atoms with E-state index in [4.69, 9.17) is 34.8 Å². The molecule has 0 spiro atoms. The van der Waals surface area contributed by atoms with Gasteiger partial charge in [-0.25, -0.2) is 0 Å². The zero-order valence-corrected chi connectivity index (χ0v) is 14.0. The Kier molecular flexibility index (Phi) is 3.60. The van der Waals surface area contributed by atoms with Crippen molar-refractivity contribution in [3.63, 3.8) is 0 Å². The number of allylic oxidation sites excluding steroid dienone is 2. The van der Waals surface area contributed by atoms with E-state index in [1.165, 1.54) is 5.56 Å². The molecule has 22 heavy (non-hydrogen) atoms. The summed E-state index contributed by atoms with van der Waals surface area (Å²) in [5.41, 5.74) is 3.28. The molecular formula is C18H14Cl3N. The van der Waals surface area contributed by atoms with Gasteiger partial charge in [-0.1, -0.05) is 65.2 Å². The molecule has 2 aliphatic rings. The summed E-state index contributed by atoms with van der Waals surface area (Å²) in [5, 5.41) is 5.74. The van der Waals surface area contributed by atoms with Crippen LogP contribution in [0.15, 0.2) is 48.6 Å². The lowest BCUT2D eigenvalue weighted by atomic mass is 9.77. The molecular weight excluding hydrogens is 337 g/mol. The van der Waals surface area contributed by atoms with Gasteiger partial charge in [0, 0.05) is 16.0 Å². The Morgan fingerprint density at radius 2 is 1.77 bits per heavy atom. The second kappa shape index (κ2) is 5.49. The molecule has 1 nitrogen and oxygen atoms in total. The molecule has 0 unspecified atom stereocenters. The predicted molar refractivity (Wildman–Crippen MR) is 94.3 cm³/mol. The average molecular weight is 351 g/mol. The molecule has 112 valence electrons. The molecule has 0 bridgehead atoms. The normalized spacial score (nSPS) is 25.5. The van der Waals surface area contributed by atoms with Gasteiger partial charge in [0.25, 0.3) is 0 Å². The molecule has 4 heteroatoms. The van der Waals surface area contributed by atoms with Crippen molar-refractivity contribution in [1.29, 1.82) is 0 Å². The predicted octanol–water partition coefficient (Wildman–Crippen LogP) is 6.47. The Labute approximate surface area is 144 Å². The molecule has 2 aromatic rings. The van der Waals surface area contributed by atoms with Gasteiger partial charge in [-0.05, 0) is 41.7 Å². The van der Waals surface area contributed by atoms with Crippen LogP contribution in [0.3, 0.4) is 0 Å². The minimum absolute atomic E-state index is 0.153. The molecule has 0 fully saturated rings. The van der Waals surface area contributed by atoms with E-state index >= 15 is 0 Å². The first-order valence-electron chi connectivity index (χ1n) is 7.31. The fraction of sp³-hybridized carbons (Fsp3) is 0.222. The molecule has 1 N–H and O–H groups in total.